The fourth-order valence-corrected chi connectivity index (χ4v) is 0. The molecule has 2 nitrogen and oxygen atoms in total. The van der Waals surface area contributed by atoms with Crippen LogP contribution in [0.25, 0.3) is 0 Å². The zero-order valence-corrected chi connectivity index (χ0v) is 14.2. The van der Waals surface area contributed by atoms with Gasteiger partial charge in [0.2, 0.25) is 0 Å². The Morgan fingerprint density at radius 1 is 1.00 bits per heavy atom. The monoisotopic (exact) mass is 442 g/mol. The van der Waals surface area contributed by atoms with Gasteiger partial charge in [-0.25, -0.2) is 0 Å². The van der Waals surface area contributed by atoms with Crippen LogP contribution in [-0.2, 0) is 36.8 Å². The molecule has 0 radical (unpaired) electrons. The average Bonchev–Trinajstić information content (AvgIpc) is 0. The van der Waals surface area contributed by atoms with E-state index in [-0.39, 0.29) is 137 Å². The first-order valence-electron chi connectivity index (χ1n) is 0. The predicted octanol–water partition coefficient (Wildman–Crippen LogP) is -0.552. The fourth-order valence-electron chi connectivity index (χ4n) is 0. The Labute approximate surface area is 133 Å². The Kier molecular flexibility index (Phi) is 183. The summed E-state index contributed by atoms with van der Waals surface area (Å²) in [5.74, 6) is 0. The summed E-state index contributed by atoms with van der Waals surface area (Å²) < 4.78 is 0. The number of hydrogen-bond donors (Lipinski definition) is 0. The van der Waals surface area contributed by atoms with E-state index in [0.717, 1.165) is 0 Å². The van der Waals surface area contributed by atoms with Crippen LogP contribution in [0.5, 0.6) is 0 Å². The molecule has 0 aliphatic rings. The van der Waals surface area contributed by atoms with Crippen molar-refractivity contribution >= 4 is 94.4 Å². The summed E-state index contributed by atoms with van der Waals surface area (Å²) in [6.45, 7) is 0. The molecule has 0 rings (SSSR count). The Hall–Kier alpha value is 3.84. The molecule has 5 heteroatoms. The smallest absolute Gasteiger partial charge is 2.00 e. The second-order valence-corrected chi connectivity index (χ2v) is 0. The van der Waals surface area contributed by atoms with Gasteiger partial charge < -0.3 is 16.7 Å². The largest absolute Gasteiger partial charge is 4.00 e. The molecule has 0 aromatic heterocycles. The molecule has 0 heterocycles. The van der Waals surface area contributed by atoms with Crippen LogP contribution >= 0.6 is 0 Å². The maximum absolute atomic E-state index is 0. The van der Waals surface area contributed by atoms with E-state index in [9.17, 15) is 0 Å². The fraction of sp³-hybridized carbons (Fsp3) is 0. The van der Waals surface area contributed by atoms with E-state index in [4.69, 9.17) is 0 Å². The number of hydrogen-bond acceptors (Lipinski definition) is 0. The van der Waals surface area contributed by atoms with Crippen molar-refractivity contribution in [2.45, 2.75) is 0 Å². The van der Waals surface area contributed by atoms with E-state index >= 15 is 0 Å². The molecule has 0 spiro atoms. The zero-order valence-electron chi connectivity index (χ0n) is 6.73. The summed E-state index contributed by atoms with van der Waals surface area (Å²) in [5.41, 5.74) is 0. The van der Waals surface area contributed by atoms with Gasteiger partial charge in [0, 0.05) is 0 Å². The first kappa shape index (κ1) is 36.8. The van der Waals surface area contributed by atoms with Crippen LogP contribution in [-0.4, -0.2) is 94.4 Å². The molecular formula is H4BaHfO2Sr. The maximum atomic E-state index is 0. The van der Waals surface area contributed by atoms with E-state index in [1.54, 1.807) is 0 Å². The molecule has 0 fully saturated rings. The average molecular weight is 439 g/mol. The molecule has 0 aromatic carbocycles. The molecule has 0 atom stereocenters. The molecule has 0 saturated heterocycles. The minimum atomic E-state index is 0. The molecule has 0 amide bonds. The summed E-state index contributed by atoms with van der Waals surface area (Å²) >= 11 is 0. The molecule has 24 valence electrons. The van der Waals surface area contributed by atoms with E-state index in [2.05, 4.69) is 0 Å². The van der Waals surface area contributed by atoms with Crippen molar-refractivity contribution in [2.75, 3.05) is 0 Å². The normalized spacial score (nSPS) is 0. The van der Waals surface area contributed by atoms with Crippen LogP contribution in [0.1, 0.15) is 5.71 Å². The summed E-state index contributed by atoms with van der Waals surface area (Å²) in [5, 5.41) is 0. The molecule has 0 aliphatic heterocycles. The third-order valence-corrected chi connectivity index (χ3v) is 0. The SMILES string of the molecule is [Ba+2].[H-].[H-].[H-].[H-].[Hf+4].[O-2].[O-2].[Sr+2]. The Morgan fingerprint density at radius 2 is 1.00 bits per heavy atom. The Balaban J connectivity index is 0. The van der Waals surface area contributed by atoms with E-state index in [0.29, 0.717) is 0 Å². The van der Waals surface area contributed by atoms with Gasteiger partial charge in [-0.05, 0) is 0 Å². The molecule has 0 unspecified atom stereocenters. The molecule has 0 N–H and O–H groups in total. The first-order valence-corrected chi connectivity index (χ1v) is 0. The minimum Gasteiger partial charge on any atom is -2.00 e. The van der Waals surface area contributed by atoms with Crippen LogP contribution in [0.3, 0.4) is 0 Å². The van der Waals surface area contributed by atoms with Gasteiger partial charge in [0.05, 0.1) is 0 Å². The van der Waals surface area contributed by atoms with Crippen LogP contribution in [0.2, 0.25) is 0 Å². The summed E-state index contributed by atoms with van der Waals surface area (Å²) in [6.07, 6.45) is 0. The molecule has 5 heavy (non-hydrogen) atoms. The summed E-state index contributed by atoms with van der Waals surface area (Å²) in [7, 11) is 0. The third kappa shape index (κ3) is 18.1. The second-order valence-electron chi connectivity index (χ2n) is 0. The molecule has 0 aliphatic carbocycles. The van der Waals surface area contributed by atoms with Crippen LogP contribution < -0.4 is 0 Å². The van der Waals surface area contributed by atoms with Gasteiger partial charge >= 0.3 is 120 Å². The third-order valence-electron chi connectivity index (χ3n) is 0. The predicted molar refractivity (Wildman–Crippen MR) is 17.3 cm³/mol. The molecule has 0 aromatic rings. The topological polar surface area (TPSA) is 57.0 Å². The summed E-state index contributed by atoms with van der Waals surface area (Å²) in [6, 6.07) is 0. The van der Waals surface area contributed by atoms with E-state index in [1.165, 1.54) is 0 Å². The van der Waals surface area contributed by atoms with Gasteiger partial charge in [0.1, 0.15) is 0 Å². The van der Waals surface area contributed by atoms with Gasteiger partial charge in [0.15, 0.2) is 0 Å². The molecule has 0 saturated carbocycles. The quantitative estimate of drug-likeness (QED) is 0.455. The Bertz CT molecular complexity index is 18.5. The van der Waals surface area contributed by atoms with Gasteiger partial charge in [-0.2, -0.15) is 0 Å². The van der Waals surface area contributed by atoms with Crippen molar-refractivity contribution in [3.8, 4) is 0 Å². The maximum Gasteiger partial charge on any atom is 4.00 e. The van der Waals surface area contributed by atoms with Crippen molar-refractivity contribution in [1.29, 1.82) is 0 Å². The zero-order chi connectivity index (χ0) is 0. The van der Waals surface area contributed by atoms with Crippen LogP contribution in [0.15, 0.2) is 0 Å². The van der Waals surface area contributed by atoms with Crippen molar-refractivity contribution in [1.82, 2.24) is 0 Å². The molecule has 0 bridgehead atoms. The van der Waals surface area contributed by atoms with Gasteiger partial charge in [-0.15, -0.1) is 0 Å². The van der Waals surface area contributed by atoms with E-state index in [1.807, 2.05) is 0 Å². The van der Waals surface area contributed by atoms with E-state index < -0.39 is 0 Å². The minimum absolute atomic E-state index is 0. The molecular weight excluding hydrogens is 435 g/mol. The first-order chi connectivity index (χ1) is 0. The van der Waals surface area contributed by atoms with Gasteiger partial charge in [0.25, 0.3) is 0 Å². The van der Waals surface area contributed by atoms with Crippen LogP contribution in [0, 0.1) is 0 Å². The van der Waals surface area contributed by atoms with Crippen LogP contribution in [0.4, 0.5) is 0 Å². The number of rotatable bonds is 0. The second kappa shape index (κ2) is 24.9. The standard InChI is InChI=1S/Ba.Hf.2O.Sr.4H/q+2;+4;2*-2;+2;4*-1. The summed E-state index contributed by atoms with van der Waals surface area (Å²) in [4.78, 5) is 0. The van der Waals surface area contributed by atoms with Crippen molar-refractivity contribution in [3.05, 3.63) is 0 Å². The van der Waals surface area contributed by atoms with Crippen molar-refractivity contribution in [2.24, 2.45) is 0 Å². The Morgan fingerprint density at radius 3 is 1.00 bits per heavy atom. The van der Waals surface area contributed by atoms with Crippen molar-refractivity contribution < 1.29 is 42.5 Å². The van der Waals surface area contributed by atoms with Gasteiger partial charge in [-0.1, -0.05) is 0 Å². The van der Waals surface area contributed by atoms with Gasteiger partial charge in [-0.3, -0.25) is 0 Å². The van der Waals surface area contributed by atoms with Crippen molar-refractivity contribution in [3.63, 3.8) is 0 Å².